The molecule has 3 aromatic rings. The van der Waals surface area contributed by atoms with Gasteiger partial charge in [-0.3, -0.25) is 4.79 Å². The molecule has 0 saturated carbocycles. The molecule has 0 radical (unpaired) electrons. The molecule has 0 unspecified atom stereocenters. The van der Waals surface area contributed by atoms with Crippen molar-refractivity contribution >= 4 is 22.9 Å². The zero-order valence-corrected chi connectivity index (χ0v) is 23.5. The number of methoxy groups -OCH3 is 1. The van der Waals surface area contributed by atoms with Crippen molar-refractivity contribution in [3.05, 3.63) is 69.4 Å². The molecule has 0 bridgehead atoms. The molecule has 7 nitrogen and oxygen atoms in total. The van der Waals surface area contributed by atoms with Crippen molar-refractivity contribution in [1.29, 1.82) is 0 Å². The molecule has 37 heavy (non-hydrogen) atoms. The van der Waals surface area contributed by atoms with E-state index in [2.05, 4.69) is 74.0 Å². The van der Waals surface area contributed by atoms with Gasteiger partial charge in [0.15, 0.2) is 0 Å². The number of benzene rings is 1. The fraction of sp³-hybridized carbons (Fsp3) is 0.483. The molecule has 1 aliphatic heterocycles. The molecule has 8 heteroatoms. The third kappa shape index (κ3) is 6.67. The summed E-state index contributed by atoms with van der Waals surface area (Å²) in [6, 6.07) is 9.36. The second kappa shape index (κ2) is 12.5. The summed E-state index contributed by atoms with van der Waals surface area (Å²) in [5.41, 5.74) is 6.05. The van der Waals surface area contributed by atoms with Gasteiger partial charge < -0.3 is 19.9 Å². The van der Waals surface area contributed by atoms with Gasteiger partial charge in [-0.2, -0.15) is 11.3 Å². The van der Waals surface area contributed by atoms with Crippen LogP contribution in [0.1, 0.15) is 59.1 Å². The van der Waals surface area contributed by atoms with Gasteiger partial charge in [0.05, 0.1) is 24.1 Å². The van der Waals surface area contributed by atoms with Crippen LogP contribution >= 0.6 is 11.3 Å². The number of nitrogens with one attached hydrogen (secondary N) is 1. The molecule has 1 N–H and O–H groups in total. The first-order valence-corrected chi connectivity index (χ1v) is 14.0. The molecule has 0 spiro atoms. The highest BCUT2D eigenvalue weighted by atomic mass is 32.1. The average Bonchev–Trinajstić information content (AvgIpc) is 3.31. The van der Waals surface area contributed by atoms with E-state index in [4.69, 9.17) is 4.74 Å². The third-order valence-corrected chi connectivity index (χ3v) is 8.48. The topological polar surface area (TPSA) is 70.6 Å². The van der Waals surface area contributed by atoms with E-state index in [0.29, 0.717) is 24.2 Å². The van der Waals surface area contributed by atoms with E-state index in [-0.39, 0.29) is 5.91 Å². The summed E-state index contributed by atoms with van der Waals surface area (Å²) < 4.78 is 5.39. The van der Waals surface area contributed by atoms with Gasteiger partial charge in [0, 0.05) is 44.0 Å². The predicted molar refractivity (Wildman–Crippen MR) is 151 cm³/mol. The van der Waals surface area contributed by atoms with Crippen molar-refractivity contribution in [1.82, 2.24) is 20.2 Å². The number of amides is 1. The van der Waals surface area contributed by atoms with Crippen LogP contribution in [0.15, 0.2) is 41.4 Å². The van der Waals surface area contributed by atoms with Crippen LogP contribution in [-0.2, 0) is 6.54 Å². The summed E-state index contributed by atoms with van der Waals surface area (Å²) >= 11 is 1.78. The fourth-order valence-corrected chi connectivity index (χ4v) is 6.01. The molecule has 1 aliphatic rings. The minimum Gasteiger partial charge on any atom is -0.497 e. The number of anilines is 1. The van der Waals surface area contributed by atoms with Gasteiger partial charge in [0.2, 0.25) is 0 Å². The van der Waals surface area contributed by atoms with Gasteiger partial charge in [-0.1, -0.05) is 0 Å². The highest BCUT2D eigenvalue weighted by molar-refractivity contribution is 7.08. The molecule has 1 amide bonds. The van der Waals surface area contributed by atoms with Crippen LogP contribution in [0.5, 0.6) is 5.75 Å². The quantitative estimate of drug-likeness (QED) is 0.398. The van der Waals surface area contributed by atoms with Gasteiger partial charge in [0.25, 0.3) is 5.91 Å². The fourth-order valence-electron chi connectivity index (χ4n) is 5.16. The second-order valence-corrected chi connectivity index (χ2v) is 10.7. The highest BCUT2D eigenvalue weighted by Gasteiger charge is 2.28. The molecule has 1 saturated heterocycles. The zero-order valence-electron chi connectivity index (χ0n) is 22.7. The van der Waals surface area contributed by atoms with Gasteiger partial charge in [0.1, 0.15) is 12.1 Å². The SMILES string of the molecule is COc1ccc(N(Cc2cscc2C)C2CCN([C@H](C)CCNC(=O)c3c(C)ncnc3C)CC2)cc1. The van der Waals surface area contributed by atoms with E-state index < -0.39 is 0 Å². The Labute approximate surface area is 224 Å². The number of nitrogens with zero attached hydrogens (tertiary/aromatic N) is 4. The van der Waals surface area contributed by atoms with Crippen LogP contribution in [0.25, 0.3) is 0 Å². The Bertz CT molecular complexity index is 1150. The molecule has 1 atom stereocenters. The van der Waals surface area contributed by atoms with Gasteiger partial charge in [-0.15, -0.1) is 0 Å². The highest BCUT2D eigenvalue weighted by Crippen LogP contribution is 2.29. The maximum atomic E-state index is 12.7. The lowest BCUT2D eigenvalue weighted by Crippen LogP contribution is -2.48. The Hall–Kier alpha value is -2.97. The zero-order chi connectivity index (χ0) is 26.4. The molecule has 0 aliphatic carbocycles. The van der Waals surface area contributed by atoms with E-state index in [9.17, 15) is 4.79 Å². The van der Waals surface area contributed by atoms with Crippen LogP contribution in [0.3, 0.4) is 0 Å². The van der Waals surface area contributed by atoms with E-state index in [1.807, 2.05) is 13.8 Å². The number of carbonyl (C=O) groups excluding carboxylic acids is 1. The smallest absolute Gasteiger partial charge is 0.254 e. The summed E-state index contributed by atoms with van der Waals surface area (Å²) in [7, 11) is 1.71. The Morgan fingerprint density at radius 3 is 2.41 bits per heavy atom. The van der Waals surface area contributed by atoms with Crippen LogP contribution in [-0.4, -0.2) is 59.6 Å². The molecule has 1 fully saturated rings. The lowest BCUT2D eigenvalue weighted by molar-refractivity contribution is 0.0943. The van der Waals surface area contributed by atoms with Crippen molar-refractivity contribution in [3.8, 4) is 5.75 Å². The monoisotopic (exact) mass is 521 g/mol. The number of thiophene rings is 1. The molecule has 1 aromatic carbocycles. The molecule has 198 valence electrons. The number of carbonyl (C=O) groups is 1. The van der Waals surface area contributed by atoms with E-state index >= 15 is 0 Å². The van der Waals surface area contributed by atoms with E-state index in [1.54, 1.807) is 18.4 Å². The Balaban J connectivity index is 1.33. The maximum absolute atomic E-state index is 12.7. The minimum atomic E-state index is -0.0830. The largest absolute Gasteiger partial charge is 0.497 e. The van der Waals surface area contributed by atoms with Crippen LogP contribution in [0.2, 0.25) is 0 Å². The number of likely N-dealkylation sites (tertiary alicyclic amines) is 1. The van der Waals surface area contributed by atoms with Crippen molar-refractivity contribution in [2.45, 2.75) is 65.6 Å². The summed E-state index contributed by atoms with van der Waals surface area (Å²) in [6.07, 6.45) is 4.65. The first kappa shape index (κ1) is 27.1. The van der Waals surface area contributed by atoms with Crippen LogP contribution in [0.4, 0.5) is 5.69 Å². The van der Waals surface area contributed by atoms with E-state index in [0.717, 1.165) is 56.0 Å². The third-order valence-electron chi connectivity index (χ3n) is 7.57. The number of hydrogen-bond donors (Lipinski definition) is 1. The molecular formula is C29H39N5O2S. The predicted octanol–water partition coefficient (Wildman–Crippen LogP) is 5.15. The van der Waals surface area contributed by atoms with Crippen molar-refractivity contribution in [2.24, 2.45) is 0 Å². The molecule has 4 rings (SSSR count). The van der Waals surface area contributed by atoms with Crippen molar-refractivity contribution in [2.75, 3.05) is 31.6 Å². The summed E-state index contributed by atoms with van der Waals surface area (Å²) in [4.78, 5) is 26.1. The Kier molecular flexibility index (Phi) is 9.16. The molecule has 2 aromatic heterocycles. The lowest BCUT2D eigenvalue weighted by atomic mass is 9.99. The number of rotatable bonds is 10. The number of piperidine rings is 1. The number of aryl methyl sites for hydroxylation is 3. The summed E-state index contributed by atoms with van der Waals surface area (Å²) in [5.74, 6) is 0.802. The first-order chi connectivity index (χ1) is 17.9. The van der Waals surface area contributed by atoms with Crippen molar-refractivity contribution in [3.63, 3.8) is 0 Å². The Morgan fingerprint density at radius 2 is 1.81 bits per heavy atom. The van der Waals surface area contributed by atoms with Gasteiger partial charge in [-0.05, 0) is 93.1 Å². The van der Waals surface area contributed by atoms with Gasteiger partial charge in [-0.25, -0.2) is 9.97 Å². The number of hydrogen-bond acceptors (Lipinski definition) is 7. The standard InChI is InChI=1S/C29H39N5O2S/c1-20-17-37-18-24(20)16-34(25-6-8-27(36-5)9-7-25)26-11-14-33(15-12-26)21(2)10-13-30-29(35)28-22(3)31-19-32-23(28)4/h6-9,17-19,21,26H,10-16H2,1-5H3,(H,30,35)/t21-/m1/s1. The first-order valence-electron chi connectivity index (χ1n) is 13.1. The van der Waals surface area contributed by atoms with Crippen molar-refractivity contribution < 1.29 is 9.53 Å². The number of aromatic nitrogens is 2. The van der Waals surface area contributed by atoms with E-state index in [1.165, 1.54) is 23.1 Å². The van der Waals surface area contributed by atoms with Gasteiger partial charge >= 0.3 is 0 Å². The average molecular weight is 522 g/mol. The molecule has 3 heterocycles. The lowest BCUT2D eigenvalue weighted by Gasteiger charge is -2.42. The molecular weight excluding hydrogens is 482 g/mol. The van der Waals surface area contributed by atoms with Crippen LogP contribution in [0, 0.1) is 20.8 Å². The maximum Gasteiger partial charge on any atom is 0.254 e. The second-order valence-electron chi connectivity index (χ2n) is 9.99. The normalized spacial score (nSPS) is 15.4. The van der Waals surface area contributed by atoms with Crippen LogP contribution < -0.4 is 15.0 Å². The Morgan fingerprint density at radius 1 is 1.14 bits per heavy atom. The summed E-state index contributed by atoms with van der Waals surface area (Å²) in [6.45, 7) is 11.9. The number of ether oxygens (including phenoxy) is 1. The minimum absolute atomic E-state index is 0.0830. The summed E-state index contributed by atoms with van der Waals surface area (Å²) in [5, 5.41) is 7.59.